The molecule has 2 aliphatic heterocycles. The second kappa shape index (κ2) is 11.7. The third-order valence-corrected chi connectivity index (χ3v) is 7.45. The summed E-state index contributed by atoms with van der Waals surface area (Å²) in [5.41, 5.74) is 4.21. The molecule has 1 saturated heterocycles. The monoisotopic (exact) mass is 540 g/mol. The van der Waals surface area contributed by atoms with Crippen molar-refractivity contribution in [1.82, 2.24) is 4.90 Å². The molecule has 0 spiro atoms. The highest BCUT2D eigenvalue weighted by Crippen LogP contribution is 2.29. The van der Waals surface area contributed by atoms with E-state index in [1.165, 1.54) is 9.80 Å². The maximum absolute atomic E-state index is 13.7. The molecule has 0 radical (unpaired) electrons. The largest absolute Gasteiger partial charge is 0.378 e. The van der Waals surface area contributed by atoms with Gasteiger partial charge in [-0.3, -0.25) is 24.1 Å². The molecule has 1 atom stereocenters. The van der Waals surface area contributed by atoms with E-state index in [0.29, 0.717) is 24.6 Å². The number of hydrogen-bond acceptors (Lipinski definition) is 6. The van der Waals surface area contributed by atoms with Gasteiger partial charge in [-0.2, -0.15) is 0 Å². The van der Waals surface area contributed by atoms with Gasteiger partial charge in [0.2, 0.25) is 11.8 Å². The van der Waals surface area contributed by atoms with E-state index in [4.69, 9.17) is 4.74 Å². The van der Waals surface area contributed by atoms with E-state index in [2.05, 4.69) is 10.2 Å². The Labute approximate surface area is 233 Å². The number of fused-ring (bicyclic) bond motifs is 1. The van der Waals surface area contributed by atoms with Gasteiger partial charge in [-0.25, -0.2) is 0 Å². The molecular formula is C31H32N4O5. The minimum Gasteiger partial charge on any atom is -0.378 e. The van der Waals surface area contributed by atoms with Crippen LogP contribution in [-0.4, -0.2) is 67.3 Å². The zero-order valence-corrected chi connectivity index (χ0v) is 22.6. The van der Waals surface area contributed by atoms with Gasteiger partial charge in [-0.05, 0) is 61.4 Å². The van der Waals surface area contributed by atoms with Crippen molar-refractivity contribution < 1.29 is 23.9 Å². The fourth-order valence-corrected chi connectivity index (χ4v) is 5.01. The minimum atomic E-state index is -0.852. The molecule has 9 nitrogen and oxygen atoms in total. The first-order valence-corrected chi connectivity index (χ1v) is 13.4. The molecule has 2 aliphatic rings. The summed E-state index contributed by atoms with van der Waals surface area (Å²) in [5.74, 6) is -2.18. The van der Waals surface area contributed by atoms with Gasteiger partial charge in [0.1, 0.15) is 12.6 Å². The summed E-state index contributed by atoms with van der Waals surface area (Å²) in [6.07, 6.45) is 0. The number of rotatable bonds is 8. The van der Waals surface area contributed by atoms with Gasteiger partial charge >= 0.3 is 0 Å². The number of Topliss-reactive ketones (excluding diaryl/α,β-unsaturated/α-hetero) is 1. The standard InChI is InChI=1S/C31H32N4O5/c1-21-7-3-4-8-23(21)19-34(28(36)20-35-27-10-6-5-9-26(27)29(37)31(35)39)22(2)30(38)32-24-11-13-25(14-12-24)33-15-17-40-18-16-33/h3-14,22H,15-20H2,1-2H3,(H,32,38). The molecule has 1 unspecified atom stereocenters. The molecule has 3 aromatic carbocycles. The number of nitrogens with zero attached hydrogens (tertiary/aromatic N) is 3. The molecule has 3 aromatic rings. The molecule has 2 heterocycles. The first-order chi connectivity index (χ1) is 19.3. The van der Waals surface area contributed by atoms with Gasteiger partial charge in [-0.1, -0.05) is 36.4 Å². The van der Waals surface area contributed by atoms with Gasteiger partial charge in [-0.15, -0.1) is 0 Å². The molecule has 0 bridgehead atoms. The number of carbonyl (C=O) groups is 4. The molecule has 5 rings (SSSR count). The van der Waals surface area contributed by atoms with Crippen LogP contribution in [0.2, 0.25) is 0 Å². The second-order valence-corrected chi connectivity index (χ2v) is 10.00. The fraction of sp³-hybridized carbons (Fsp3) is 0.290. The van der Waals surface area contributed by atoms with Crippen molar-refractivity contribution in [2.75, 3.05) is 48.0 Å². The summed E-state index contributed by atoms with van der Waals surface area (Å²) >= 11 is 0. The van der Waals surface area contributed by atoms with Crippen LogP contribution in [0.25, 0.3) is 0 Å². The Morgan fingerprint density at radius 1 is 0.950 bits per heavy atom. The Kier molecular flexibility index (Phi) is 7.93. The van der Waals surface area contributed by atoms with Crippen molar-refractivity contribution in [2.24, 2.45) is 0 Å². The van der Waals surface area contributed by atoms with E-state index in [-0.39, 0.29) is 24.6 Å². The zero-order valence-electron chi connectivity index (χ0n) is 22.6. The Balaban J connectivity index is 1.34. The third kappa shape index (κ3) is 5.60. The first kappa shape index (κ1) is 27.1. The number of ketones is 1. The Bertz CT molecular complexity index is 1430. The van der Waals surface area contributed by atoms with Crippen molar-refractivity contribution in [2.45, 2.75) is 26.4 Å². The maximum atomic E-state index is 13.7. The molecule has 206 valence electrons. The molecule has 9 heteroatoms. The molecule has 3 amide bonds. The van der Waals surface area contributed by atoms with E-state index in [9.17, 15) is 19.2 Å². The number of para-hydroxylation sites is 1. The lowest BCUT2D eigenvalue weighted by molar-refractivity contribution is -0.138. The molecule has 1 N–H and O–H groups in total. The number of anilines is 3. The van der Waals surface area contributed by atoms with E-state index < -0.39 is 23.6 Å². The van der Waals surface area contributed by atoms with Crippen LogP contribution in [0.3, 0.4) is 0 Å². The van der Waals surface area contributed by atoms with Crippen molar-refractivity contribution in [3.05, 3.63) is 89.5 Å². The fourth-order valence-electron chi connectivity index (χ4n) is 5.01. The molecule has 0 aliphatic carbocycles. The van der Waals surface area contributed by atoms with Gasteiger partial charge in [0, 0.05) is 31.0 Å². The maximum Gasteiger partial charge on any atom is 0.299 e. The highest BCUT2D eigenvalue weighted by Gasteiger charge is 2.38. The smallest absolute Gasteiger partial charge is 0.299 e. The normalized spacial score (nSPS) is 15.6. The Hall–Kier alpha value is -4.50. The summed E-state index contributed by atoms with van der Waals surface area (Å²) in [5, 5.41) is 2.92. The van der Waals surface area contributed by atoms with E-state index >= 15 is 0 Å². The van der Waals surface area contributed by atoms with Crippen LogP contribution in [-0.2, 0) is 25.7 Å². The predicted octanol–water partition coefficient (Wildman–Crippen LogP) is 3.42. The molecule has 40 heavy (non-hydrogen) atoms. The lowest BCUT2D eigenvalue weighted by Crippen LogP contribution is -2.49. The third-order valence-electron chi connectivity index (χ3n) is 7.45. The zero-order chi connectivity index (χ0) is 28.2. The van der Waals surface area contributed by atoms with Crippen molar-refractivity contribution in [1.29, 1.82) is 0 Å². The number of hydrogen-bond donors (Lipinski definition) is 1. The summed E-state index contributed by atoms with van der Waals surface area (Å²) in [6.45, 7) is 6.43. The number of ether oxygens (including phenoxy) is 1. The minimum absolute atomic E-state index is 0.174. The van der Waals surface area contributed by atoms with Crippen LogP contribution in [0.4, 0.5) is 17.1 Å². The SMILES string of the molecule is Cc1ccccc1CN(C(=O)CN1C(=O)C(=O)c2ccccc21)C(C)C(=O)Nc1ccc(N2CCOCC2)cc1. The van der Waals surface area contributed by atoms with Crippen molar-refractivity contribution in [3.63, 3.8) is 0 Å². The van der Waals surface area contributed by atoms with Gasteiger partial charge < -0.3 is 19.9 Å². The number of aryl methyl sites for hydroxylation is 1. The van der Waals surface area contributed by atoms with E-state index in [1.807, 2.05) is 55.5 Å². The highest BCUT2D eigenvalue weighted by atomic mass is 16.5. The summed E-state index contributed by atoms with van der Waals surface area (Å²) < 4.78 is 5.42. The average Bonchev–Trinajstić information content (AvgIpc) is 3.22. The number of benzene rings is 3. The summed E-state index contributed by atoms with van der Waals surface area (Å²) in [7, 11) is 0. The number of morpholine rings is 1. The van der Waals surface area contributed by atoms with Crippen LogP contribution in [0.5, 0.6) is 0 Å². The lowest BCUT2D eigenvalue weighted by atomic mass is 10.1. The number of nitrogens with one attached hydrogen (secondary N) is 1. The van der Waals surface area contributed by atoms with Gasteiger partial charge in [0.15, 0.2) is 0 Å². The van der Waals surface area contributed by atoms with Crippen LogP contribution >= 0.6 is 0 Å². The van der Waals surface area contributed by atoms with Crippen molar-refractivity contribution in [3.8, 4) is 0 Å². The lowest BCUT2D eigenvalue weighted by Gasteiger charge is -2.31. The predicted molar refractivity (Wildman–Crippen MR) is 152 cm³/mol. The summed E-state index contributed by atoms with van der Waals surface area (Å²) in [6, 6.07) is 21.0. The number of amides is 3. The Morgan fingerprint density at radius 3 is 2.35 bits per heavy atom. The quantitative estimate of drug-likeness (QED) is 0.440. The van der Waals surface area contributed by atoms with Gasteiger partial charge in [0.05, 0.1) is 24.5 Å². The number of carbonyl (C=O) groups excluding carboxylic acids is 4. The second-order valence-electron chi connectivity index (χ2n) is 10.00. The molecule has 0 aromatic heterocycles. The molecule has 0 saturated carbocycles. The first-order valence-electron chi connectivity index (χ1n) is 13.4. The van der Waals surface area contributed by atoms with E-state index in [1.54, 1.807) is 31.2 Å². The van der Waals surface area contributed by atoms with E-state index in [0.717, 1.165) is 29.9 Å². The molecule has 1 fully saturated rings. The molecular weight excluding hydrogens is 508 g/mol. The topological polar surface area (TPSA) is 99.3 Å². The van der Waals surface area contributed by atoms with Crippen LogP contribution < -0.4 is 15.1 Å². The van der Waals surface area contributed by atoms with Crippen molar-refractivity contribution >= 4 is 40.6 Å². The van der Waals surface area contributed by atoms with Gasteiger partial charge in [0.25, 0.3) is 11.7 Å². The summed E-state index contributed by atoms with van der Waals surface area (Å²) in [4.78, 5) is 57.2. The van der Waals surface area contributed by atoms with Crippen LogP contribution in [0.15, 0.2) is 72.8 Å². The van der Waals surface area contributed by atoms with Crippen LogP contribution in [0.1, 0.15) is 28.4 Å². The van der Waals surface area contributed by atoms with Crippen LogP contribution in [0, 0.1) is 6.92 Å². The average molecular weight is 541 g/mol. The Morgan fingerprint density at radius 2 is 1.62 bits per heavy atom. The highest BCUT2D eigenvalue weighted by molar-refractivity contribution is 6.52.